The largest absolute Gasteiger partial charge is 0.508 e. The van der Waals surface area contributed by atoms with E-state index in [0.717, 1.165) is 15.9 Å². The molecule has 4 aliphatic rings. The van der Waals surface area contributed by atoms with Gasteiger partial charge in [0.2, 0.25) is 23.6 Å². The van der Waals surface area contributed by atoms with Gasteiger partial charge in [0.05, 0.1) is 51.6 Å². The Bertz CT molecular complexity index is 1960. The van der Waals surface area contributed by atoms with Crippen molar-refractivity contribution in [3.05, 3.63) is 98.8 Å². The first-order chi connectivity index (χ1) is 22.4. The smallest absolute Gasteiger partial charge is 0.271 e. The Labute approximate surface area is 272 Å². The molecule has 240 valence electrons. The van der Waals surface area contributed by atoms with Crippen molar-refractivity contribution in [2.75, 3.05) is 16.9 Å². The van der Waals surface area contributed by atoms with Gasteiger partial charge in [0.15, 0.2) is 0 Å². The minimum Gasteiger partial charge on any atom is -0.508 e. The fourth-order valence-corrected chi connectivity index (χ4v) is 8.34. The summed E-state index contributed by atoms with van der Waals surface area (Å²) in [6.07, 6.45) is 2.06. The van der Waals surface area contributed by atoms with Crippen molar-refractivity contribution in [1.82, 2.24) is 0 Å². The number of aromatic hydroxyl groups is 1. The molecule has 3 fully saturated rings. The molecule has 0 unspecified atom stereocenters. The number of carbonyl (C=O) groups excluding carboxylic acids is 4. The van der Waals surface area contributed by atoms with E-state index in [1.165, 1.54) is 55.6 Å². The number of imide groups is 2. The molecule has 0 spiro atoms. The van der Waals surface area contributed by atoms with Gasteiger partial charge >= 0.3 is 0 Å². The fourth-order valence-electron chi connectivity index (χ4n) is 8.17. The molecule has 47 heavy (non-hydrogen) atoms. The number of non-ortho nitro benzene ring substituents is 1. The first-order valence-electron chi connectivity index (χ1n) is 14.9. The number of fused-ring (bicyclic) bond motifs is 4. The molecule has 3 aromatic carbocycles. The maximum absolute atomic E-state index is 14.5. The van der Waals surface area contributed by atoms with Crippen molar-refractivity contribution in [2.24, 2.45) is 29.1 Å². The lowest BCUT2D eigenvalue weighted by molar-refractivity contribution is -0.384. The minimum atomic E-state index is -1.41. The standard InChI is InChI=1S/C34H27ClFN3O8/c1-34-24(31(42)38(33(34)44)17-6-11-26(36)25(35)13-17)15-23-20(29(34)21-8-7-19(40)14-27(21)47-2)9-10-22-28(23)32(43)37(30(22)41)16-4-3-5-18(12-16)39(45)46/h3-9,11-14,22-24,28-29,40H,10,15H2,1-2H3/t22-,23+,24-,28-,29+,34+/m0/s1. The number of halogens is 2. The van der Waals surface area contributed by atoms with Crippen LogP contribution in [0.1, 0.15) is 31.2 Å². The predicted molar refractivity (Wildman–Crippen MR) is 166 cm³/mol. The van der Waals surface area contributed by atoms with Crippen LogP contribution in [0.5, 0.6) is 11.5 Å². The molecule has 0 aromatic heterocycles. The zero-order valence-electron chi connectivity index (χ0n) is 25.1. The third kappa shape index (κ3) is 4.31. The molecule has 1 saturated carbocycles. The molecule has 2 aliphatic carbocycles. The number of hydrogen-bond donors (Lipinski definition) is 1. The molecular formula is C34H27ClFN3O8. The van der Waals surface area contributed by atoms with Gasteiger partial charge < -0.3 is 9.84 Å². The van der Waals surface area contributed by atoms with Gasteiger partial charge in [0.25, 0.3) is 5.69 Å². The van der Waals surface area contributed by atoms with Crippen LogP contribution in [0, 0.1) is 45.0 Å². The quantitative estimate of drug-likeness (QED) is 0.163. The lowest BCUT2D eigenvalue weighted by Gasteiger charge is -2.49. The molecular weight excluding hydrogens is 633 g/mol. The second-order valence-electron chi connectivity index (χ2n) is 12.5. The number of allylic oxidation sites excluding steroid dienone is 2. The van der Waals surface area contributed by atoms with Crippen LogP contribution in [0.2, 0.25) is 5.02 Å². The molecule has 0 bridgehead atoms. The van der Waals surface area contributed by atoms with Crippen LogP contribution >= 0.6 is 11.6 Å². The molecule has 2 aliphatic heterocycles. The summed E-state index contributed by atoms with van der Waals surface area (Å²) >= 11 is 6.05. The van der Waals surface area contributed by atoms with E-state index >= 15 is 0 Å². The number of nitro groups is 1. The molecule has 13 heteroatoms. The van der Waals surface area contributed by atoms with Crippen molar-refractivity contribution in [2.45, 2.75) is 25.7 Å². The fraction of sp³-hybridized carbons (Fsp3) is 0.294. The van der Waals surface area contributed by atoms with Crippen molar-refractivity contribution in [3.8, 4) is 11.5 Å². The van der Waals surface area contributed by atoms with Crippen LogP contribution in [-0.2, 0) is 19.2 Å². The number of nitro benzene ring substituents is 1. The van der Waals surface area contributed by atoms with Gasteiger partial charge in [-0.3, -0.25) is 29.3 Å². The second kappa shape index (κ2) is 10.7. The van der Waals surface area contributed by atoms with Crippen molar-refractivity contribution in [1.29, 1.82) is 0 Å². The molecule has 4 amide bonds. The zero-order chi connectivity index (χ0) is 33.5. The van der Waals surface area contributed by atoms with Gasteiger partial charge in [-0.2, -0.15) is 0 Å². The van der Waals surface area contributed by atoms with Crippen LogP contribution in [0.3, 0.4) is 0 Å². The van der Waals surface area contributed by atoms with Crippen molar-refractivity contribution < 1.29 is 38.3 Å². The lowest BCUT2D eigenvalue weighted by Crippen LogP contribution is -2.49. The average molecular weight is 660 g/mol. The molecule has 1 N–H and O–H groups in total. The van der Waals surface area contributed by atoms with Crippen LogP contribution in [0.25, 0.3) is 0 Å². The zero-order valence-corrected chi connectivity index (χ0v) is 25.8. The van der Waals surface area contributed by atoms with Crippen LogP contribution < -0.4 is 14.5 Å². The summed E-state index contributed by atoms with van der Waals surface area (Å²) in [5.41, 5.74) is -0.342. The number of anilines is 2. The SMILES string of the molecule is COc1cc(O)ccc1[C@H]1C2=CC[C@@H]3C(=O)N(c4cccc([N+](=O)[O-])c4)C(=O)[C@@H]3[C@@H]2C[C@H]2C(=O)N(c3ccc(F)c(Cl)c3)C(=O)[C@@]12C. The third-order valence-corrected chi connectivity index (χ3v) is 10.6. The topological polar surface area (TPSA) is 147 Å². The van der Waals surface area contributed by atoms with E-state index in [9.17, 15) is 38.8 Å². The Kier molecular flexibility index (Phi) is 6.97. The maximum atomic E-state index is 14.5. The summed E-state index contributed by atoms with van der Waals surface area (Å²) in [6, 6.07) is 13.3. The van der Waals surface area contributed by atoms with Crippen LogP contribution in [-0.4, -0.2) is 40.8 Å². The molecule has 0 radical (unpaired) electrons. The molecule has 2 heterocycles. The highest BCUT2D eigenvalue weighted by molar-refractivity contribution is 6.32. The number of phenols is 1. The highest BCUT2D eigenvalue weighted by Gasteiger charge is 2.68. The highest BCUT2D eigenvalue weighted by atomic mass is 35.5. The first kappa shape index (κ1) is 30.5. The van der Waals surface area contributed by atoms with Gasteiger partial charge in [-0.05, 0) is 56.0 Å². The number of phenolic OH excluding ortho intramolecular Hbond substituents is 1. The van der Waals surface area contributed by atoms with Gasteiger partial charge in [0, 0.05) is 29.7 Å². The highest BCUT2D eigenvalue weighted by Crippen LogP contribution is 2.64. The number of carbonyl (C=O) groups is 4. The Morgan fingerprint density at radius 3 is 2.43 bits per heavy atom. The summed E-state index contributed by atoms with van der Waals surface area (Å²) in [6.45, 7) is 1.68. The summed E-state index contributed by atoms with van der Waals surface area (Å²) in [7, 11) is 1.41. The van der Waals surface area contributed by atoms with Gasteiger partial charge in [-0.15, -0.1) is 0 Å². The predicted octanol–water partition coefficient (Wildman–Crippen LogP) is 5.54. The molecule has 3 aromatic rings. The summed E-state index contributed by atoms with van der Waals surface area (Å²) in [5, 5.41) is 21.5. The molecule has 6 atom stereocenters. The van der Waals surface area contributed by atoms with Gasteiger partial charge in [0.1, 0.15) is 17.3 Å². The number of nitrogens with zero attached hydrogens (tertiary/aromatic N) is 3. The average Bonchev–Trinajstić information content (AvgIpc) is 3.42. The lowest BCUT2D eigenvalue weighted by atomic mass is 9.51. The van der Waals surface area contributed by atoms with Gasteiger partial charge in [-0.1, -0.05) is 35.4 Å². The summed E-state index contributed by atoms with van der Waals surface area (Å²) in [5.74, 6) is -6.86. The number of benzene rings is 3. The first-order valence-corrected chi connectivity index (χ1v) is 15.3. The van der Waals surface area contributed by atoms with E-state index in [0.29, 0.717) is 11.1 Å². The van der Waals surface area contributed by atoms with Crippen molar-refractivity contribution >= 4 is 52.3 Å². The van der Waals surface area contributed by atoms with E-state index in [1.54, 1.807) is 13.0 Å². The van der Waals surface area contributed by atoms with E-state index in [4.69, 9.17) is 16.3 Å². The van der Waals surface area contributed by atoms with E-state index in [2.05, 4.69) is 0 Å². The number of methoxy groups -OCH3 is 1. The normalized spacial score (nSPS) is 28.2. The second-order valence-corrected chi connectivity index (χ2v) is 12.9. The number of rotatable bonds is 5. The number of hydrogen-bond acceptors (Lipinski definition) is 8. The number of amides is 4. The summed E-state index contributed by atoms with van der Waals surface area (Å²) in [4.78, 5) is 69.7. The third-order valence-electron chi connectivity index (χ3n) is 10.3. The Hall–Kier alpha value is -5.10. The van der Waals surface area contributed by atoms with Crippen LogP contribution in [0.15, 0.2) is 72.3 Å². The monoisotopic (exact) mass is 659 g/mol. The van der Waals surface area contributed by atoms with E-state index < -0.39 is 69.4 Å². The number of ether oxygens (including phenoxy) is 1. The van der Waals surface area contributed by atoms with Crippen LogP contribution in [0.4, 0.5) is 21.5 Å². The molecule has 2 saturated heterocycles. The van der Waals surface area contributed by atoms with E-state index in [-0.39, 0.29) is 46.4 Å². The van der Waals surface area contributed by atoms with Crippen molar-refractivity contribution in [3.63, 3.8) is 0 Å². The molecule has 7 rings (SSSR count). The Morgan fingerprint density at radius 2 is 1.72 bits per heavy atom. The summed E-state index contributed by atoms with van der Waals surface area (Å²) < 4.78 is 19.7. The van der Waals surface area contributed by atoms with E-state index in [1.807, 2.05) is 6.08 Å². The maximum Gasteiger partial charge on any atom is 0.271 e. The van der Waals surface area contributed by atoms with Gasteiger partial charge in [-0.25, -0.2) is 14.2 Å². The Morgan fingerprint density at radius 1 is 0.979 bits per heavy atom. The minimum absolute atomic E-state index is 0.0538. The molecule has 11 nitrogen and oxygen atoms in total. The Balaban J connectivity index is 1.38.